The Morgan fingerprint density at radius 3 is 2.44 bits per heavy atom. The van der Waals surface area contributed by atoms with Gasteiger partial charge in [0.25, 0.3) is 0 Å². The number of amides is 2. The zero-order chi connectivity index (χ0) is 24.5. The molecule has 3 aromatic rings. The molecule has 3 aromatic carbocycles. The van der Waals surface area contributed by atoms with Gasteiger partial charge in [0.15, 0.2) is 6.10 Å². The lowest BCUT2D eigenvalue weighted by molar-refractivity contribution is -0.112. The van der Waals surface area contributed by atoms with Crippen LogP contribution in [0.15, 0.2) is 84.9 Å². The highest BCUT2D eigenvalue weighted by atomic mass is 127. The number of methoxy groups -OCH3 is 1. The molecule has 0 unspecified atom stereocenters. The van der Waals surface area contributed by atoms with Crippen LogP contribution in [0.5, 0.6) is 5.75 Å². The predicted molar refractivity (Wildman–Crippen MR) is 140 cm³/mol. The van der Waals surface area contributed by atoms with Crippen LogP contribution in [0.4, 0.5) is 21.9 Å². The smallest absolute Gasteiger partial charge is 0.412 e. The van der Waals surface area contributed by atoms with Gasteiger partial charge in [0.05, 0.1) is 11.4 Å². The van der Waals surface area contributed by atoms with Gasteiger partial charge in [-0.05, 0) is 71.1 Å². The normalized spacial score (nSPS) is 12.6. The van der Waals surface area contributed by atoms with E-state index in [1.165, 1.54) is 25.3 Å². The molecule has 0 aliphatic heterocycles. The first-order chi connectivity index (χ1) is 16.4. The second-order valence-corrected chi connectivity index (χ2v) is 8.40. The van der Waals surface area contributed by atoms with E-state index in [1.54, 1.807) is 60.7 Å². The molecule has 0 saturated heterocycles. The first-order valence-corrected chi connectivity index (χ1v) is 11.3. The van der Waals surface area contributed by atoms with Crippen LogP contribution in [-0.2, 0) is 14.3 Å². The molecule has 5 N–H and O–H groups in total. The summed E-state index contributed by atoms with van der Waals surface area (Å²) in [5.74, 6) is -0.519. The summed E-state index contributed by atoms with van der Waals surface area (Å²) in [7, 11) is 1.42. The number of hydrogen-bond donors (Lipinski definition) is 4. The Morgan fingerprint density at radius 1 is 1.03 bits per heavy atom. The van der Waals surface area contributed by atoms with Gasteiger partial charge in [0.2, 0.25) is 5.91 Å². The largest absolute Gasteiger partial charge is 0.508 e. The third kappa shape index (κ3) is 6.96. The zero-order valence-corrected chi connectivity index (χ0v) is 20.4. The van der Waals surface area contributed by atoms with E-state index in [9.17, 15) is 14.7 Å². The van der Waals surface area contributed by atoms with Crippen molar-refractivity contribution >= 4 is 51.7 Å². The van der Waals surface area contributed by atoms with Gasteiger partial charge >= 0.3 is 6.09 Å². The highest BCUT2D eigenvalue weighted by Gasteiger charge is 2.28. The Kier molecular flexibility index (Phi) is 8.88. The molecule has 0 bridgehead atoms. The van der Waals surface area contributed by atoms with E-state index >= 15 is 0 Å². The van der Waals surface area contributed by atoms with E-state index in [0.717, 1.165) is 3.57 Å². The molecule has 2 amide bonds. The molecule has 8 nitrogen and oxygen atoms in total. The number of halogens is 1. The van der Waals surface area contributed by atoms with E-state index in [0.29, 0.717) is 22.6 Å². The molecule has 0 aliphatic carbocycles. The number of nitrogen functional groups attached to an aromatic ring is 1. The van der Waals surface area contributed by atoms with Crippen molar-refractivity contribution in [1.82, 2.24) is 0 Å². The molecule has 0 saturated carbocycles. The van der Waals surface area contributed by atoms with Crippen molar-refractivity contribution < 1.29 is 24.2 Å². The number of hydrogen-bond acceptors (Lipinski definition) is 6. The number of anilines is 3. The molecule has 0 heterocycles. The molecule has 0 spiro atoms. The molecule has 2 atom stereocenters. The zero-order valence-electron chi connectivity index (χ0n) is 18.3. The Labute approximate surface area is 210 Å². The summed E-state index contributed by atoms with van der Waals surface area (Å²) in [6.45, 7) is 0. The highest BCUT2D eigenvalue weighted by molar-refractivity contribution is 14.1. The number of rotatable bonds is 8. The summed E-state index contributed by atoms with van der Waals surface area (Å²) in [6.07, 6.45) is 0.0378. The van der Waals surface area contributed by atoms with Crippen LogP contribution < -0.4 is 16.4 Å². The van der Waals surface area contributed by atoms with Gasteiger partial charge in [-0.1, -0.05) is 30.3 Å². The van der Waals surface area contributed by atoms with Crippen LogP contribution in [-0.4, -0.2) is 30.3 Å². The third-order valence-corrected chi connectivity index (χ3v) is 5.45. The SMILES string of the molecule is CO[C@@H](/C=C/C(=O)Nc1ccccc1N)[C@@H](OC(=O)Nc1ccccc1)c1cc(I)ccc1O. The summed E-state index contributed by atoms with van der Waals surface area (Å²) in [5, 5.41) is 15.8. The van der Waals surface area contributed by atoms with Crippen molar-refractivity contribution in [3.8, 4) is 5.75 Å². The molecule has 0 aliphatic rings. The molecule has 0 fully saturated rings. The van der Waals surface area contributed by atoms with Crippen LogP contribution in [0.3, 0.4) is 0 Å². The van der Waals surface area contributed by atoms with Crippen molar-refractivity contribution in [2.75, 3.05) is 23.5 Å². The van der Waals surface area contributed by atoms with Gasteiger partial charge < -0.3 is 25.6 Å². The van der Waals surface area contributed by atoms with E-state index in [1.807, 2.05) is 6.07 Å². The van der Waals surface area contributed by atoms with E-state index in [-0.39, 0.29) is 5.75 Å². The average molecular weight is 573 g/mol. The Morgan fingerprint density at radius 2 is 1.74 bits per heavy atom. The van der Waals surface area contributed by atoms with Crippen LogP contribution in [0, 0.1) is 3.57 Å². The molecule has 34 heavy (non-hydrogen) atoms. The standard InChI is InChI=1S/C25H24IN3O5/c1-33-22(13-14-23(31)29-20-10-6-5-9-19(20)27)24(18-15-16(26)11-12-21(18)30)34-25(32)28-17-7-3-2-4-8-17/h2-15,22,24,30H,27H2,1H3,(H,28,32)(H,29,31)/b14-13+/t22-,24-/m0/s1. The average Bonchev–Trinajstić information content (AvgIpc) is 2.82. The fourth-order valence-corrected chi connectivity index (χ4v) is 3.63. The van der Waals surface area contributed by atoms with E-state index in [4.69, 9.17) is 15.2 Å². The topological polar surface area (TPSA) is 123 Å². The molecule has 0 radical (unpaired) electrons. The molecular weight excluding hydrogens is 549 g/mol. The van der Waals surface area contributed by atoms with E-state index < -0.39 is 24.2 Å². The number of aromatic hydroxyl groups is 1. The van der Waals surface area contributed by atoms with Crippen molar-refractivity contribution in [2.45, 2.75) is 12.2 Å². The number of ether oxygens (including phenoxy) is 2. The second kappa shape index (κ2) is 12.1. The Bertz CT molecular complexity index is 1170. The number of para-hydroxylation sites is 3. The first-order valence-electron chi connectivity index (χ1n) is 10.2. The number of carbonyl (C=O) groups excluding carboxylic acids is 2. The lowest BCUT2D eigenvalue weighted by Gasteiger charge is -2.25. The van der Waals surface area contributed by atoms with Crippen molar-refractivity contribution in [3.63, 3.8) is 0 Å². The maximum atomic E-state index is 12.6. The minimum atomic E-state index is -1.05. The third-order valence-electron chi connectivity index (χ3n) is 4.78. The van der Waals surface area contributed by atoms with Gasteiger partial charge in [-0.2, -0.15) is 0 Å². The van der Waals surface area contributed by atoms with Crippen LogP contribution in [0.1, 0.15) is 11.7 Å². The number of carbonyl (C=O) groups is 2. The summed E-state index contributed by atoms with van der Waals surface area (Å²) in [4.78, 5) is 25.1. The minimum absolute atomic E-state index is 0.0742. The molecule has 3 rings (SSSR count). The summed E-state index contributed by atoms with van der Waals surface area (Å²) >= 11 is 2.09. The number of phenols is 1. The minimum Gasteiger partial charge on any atom is -0.508 e. The Balaban J connectivity index is 1.83. The fraction of sp³-hybridized carbons (Fsp3) is 0.120. The summed E-state index contributed by atoms with van der Waals surface area (Å²) < 4.78 is 12.0. The van der Waals surface area contributed by atoms with Gasteiger partial charge in [-0.15, -0.1) is 0 Å². The maximum Gasteiger partial charge on any atom is 0.412 e. The number of nitrogens with one attached hydrogen (secondary N) is 2. The lowest BCUT2D eigenvalue weighted by Crippen LogP contribution is -2.27. The molecule has 176 valence electrons. The highest BCUT2D eigenvalue weighted by Crippen LogP contribution is 2.33. The predicted octanol–water partition coefficient (Wildman–Crippen LogP) is 5.08. The van der Waals surface area contributed by atoms with Gasteiger partial charge in [-0.3, -0.25) is 10.1 Å². The quantitative estimate of drug-likeness (QED) is 0.169. The van der Waals surface area contributed by atoms with Crippen molar-refractivity contribution in [3.05, 3.63) is 94.1 Å². The van der Waals surface area contributed by atoms with Gasteiger partial charge in [0.1, 0.15) is 11.9 Å². The van der Waals surface area contributed by atoms with Gasteiger partial charge in [0, 0.05) is 28.0 Å². The summed E-state index contributed by atoms with van der Waals surface area (Å²) in [6, 6.07) is 20.6. The van der Waals surface area contributed by atoms with Crippen molar-refractivity contribution in [1.29, 1.82) is 0 Å². The fourth-order valence-electron chi connectivity index (χ4n) is 3.12. The monoisotopic (exact) mass is 573 g/mol. The Hall–Kier alpha value is -3.57. The van der Waals surface area contributed by atoms with Gasteiger partial charge in [-0.25, -0.2) is 4.79 Å². The number of phenolic OH excluding ortho intramolecular Hbond substituents is 1. The maximum absolute atomic E-state index is 12.6. The number of nitrogens with two attached hydrogens (primary N) is 1. The summed E-state index contributed by atoms with van der Waals surface area (Å²) in [5.41, 5.74) is 7.64. The first kappa shape index (κ1) is 25.1. The van der Waals surface area contributed by atoms with Crippen molar-refractivity contribution in [2.24, 2.45) is 0 Å². The van der Waals surface area contributed by atoms with Crippen LogP contribution >= 0.6 is 22.6 Å². The molecule has 0 aromatic heterocycles. The molecule has 9 heteroatoms. The van der Waals surface area contributed by atoms with E-state index in [2.05, 4.69) is 33.2 Å². The number of benzene rings is 3. The lowest BCUT2D eigenvalue weighted by atomic mass is 10.0. The molecular formula is C25H24IN3O5. The van der Waals surface area contributed by atoms with Crippen LogP contribution in [0.25, 0.3) is 0 Å². The van der Waals surface area contributed by atoms with Crippen LogP contribution in [0.2, 0.25) is 0 Å². The second-order valence-electron chi connectivity index (χ2n) is 7.16.